The molecule has 0 bridgehead atoms. The third-order valence-electron chi connectivity index (χ3n) is 4.35. The van der Waals surface area contributed by atoms with Crippen LogP contribution >= 0.6 is 0 Å². The normalized spacial score (nSPS) is 16.6. The SMILES string of the molecule is CCNC(C)c1cc(F)ccc1N(CCCO)C1CCC1. The van der Waals surface area contributed by atoms with E-state index >= 15 is 0 Å². The number of anilines is 1. The number of nitrogens with zero attached hydrogens (tertiary/aromatic N) is 1. The van der Waals surface area contributed by atoms with Gasteiger partial charge in [0.1, 0.15) is 5.82 Å². The second kappa shape index (κ2) is 7.76. The first-order valence-electron chi connectivity index (χ1n) is 8.07. The third kappa shape index (κ3) is 3.95. The van der Waals surface area contributed by atoms with Crippen molar-refractivity contribution in [3.63, 3.8) is 0 Å². The molecule has 0 radical (unpaired) electrons. The number of benzene rings is 1. The highest BCUT2D eigenvalue weighted by molar-refractivity contribution is 5.56. The average Bonchev–Trinajstić information content (AvgIpc) is 2.41. The zero-order chi connectivity index (χ0) is 15.2. The Morgan fingerprint density at radius 2 is 2.19 bits per heavy atom. The summed E-state index contributed by atoms with van der Waals surface area (Å²) in [5.74, 6) is -0.186. The number of hydrogen-bond donors (Lipinski definition) is 2. The molecule has 0 saturated heterocycles. The molecule has 0 heterocycles. The van der Waals surface area contributed by atoms with Crippen LogP contribution in [0.4, 0.5) is 10.1 Å². The quantitative estimate of drug-likeness (QED) is 0.772. The fraction of sp³-hybridized carbons (Fsp3) is 0.647. The van der Waals surface area contributed by atoms with Gasteiger partial charge in [0, 0.05) is 30.9 Å². The van der Waals surface area contributed by atoms with Gasteiger partial charge in [0.25, 0.3) is 0 Å². The van der Waals surface area contributed by atoms with Crippen LogP contribution in [0, 0.1) is 5.82 Å². The summed E-state index contributed by atoms with van der Waals surface area (Å²) in [5, 5.41) is 12.5. The van der Waals surface area contributed by atoms with Crippen LogP contribution in [0.15, 0.2) is 18.2 Å². The molecule has 1 atom stereocenters. The van der Waals surface area contributed by atoms with Gasteiger partial charge in [0.2, 0.25) is 0 Å². The van der Waals surface area contributed by atoms with E-state index in [1.807, 2.05) is 6.07 Å². The van der Waals surface area contributed by atoms with Gasteiger partial charge in [0.05, 0.1) is 0 Å². The van der Waals surface area contributed by atoms with E-state index in [9.17, 15) is 4.39 Å². The molecule has 2 N–H and O–H groups in total. The predicted octanol–water partition coefficient (Wildman–Crippen LogP) is 3.24. The minimum atomic E-state index is -0.186. The number of aliphatic hydroxyl groups is 1. The molecule has 0 amide bonds. The van der Waals surface area contributed by atoms with Crippen molar-refractivity contribution >= 4 is 5.69 Å². The van der Waals surface area contributed by atoms with Crippen molar-refractivity contribution in [1.82, 2.24) is 5.32 Å². The molecule has 1 aromatic carbocycles. The molecule has 1 unspecified atom stereocenters. The zero-order valence-electron chi connectivity index (χ0n) is 13.1. The van der Waals surface area contributed by atoms with Crippen LogP contribution in [0.5, 0.6) is 0 Å². The van der Waals surface area contributed by atoms with Gasteiger partial charge in [-0.25, -0.2) is 4.39 Å². The molecule has 118 valence electrons. The Morgan fingerprint density at radius 3 is 2.76 bits per heavy atom. The van der Waals surface area contributed by atoms with E-state index in [4.69, 9.17) is 5.11 Å². The Balaban J connectivity index is 2.29. The lowest BCUT2D eigenvalue weighted by molar-refractivity contribution is 0.282. The van der Waals surface area contributed by atoms with Gasteiger partial charge in [-0.15, -0.1) is 0 Å². The Labute approximate surface area is 127 Å². The van der Waals surface area contributed by atoms with Crippen LogP contribution < -0.4 is 10.2 Å². The summed E-state index contributed by atoms with van der Waals surface area (Å²) in [4.78, 5) is 2.36. The summed E-state index contributed by atoms with van der Waals surface area (Å²) in [7, 11) is 0. The van der Waals surface area contributed by atoms with Crippen molar-refractivity contribution < 1.29 is 9.50 Å². The summed E-state index contributed by atoms with van der Waals surface area (Å²) in [5.41, 5.74) is 2.13. The van der Waals surface area contributed by atoms with Gasteiger partial charge >= 0.3 is 0 Å². The first-order valence-corrected chi connectivity index (χ1v) is 8.07. The van der Waals surface area contributed by atoms with Crippen LogP contribution in [0.1, 0.15) is 51.1 Å². The molecule has 21 heavy (non-hydrogen) atoms. The lowest BCUT2D eigenvalue weighted by Crippen LogP contribution is -2.42. The van der Waals surface area contributed by atoms with Crippen LogP contribution in [-0.4, -0.2) is 30.8 Å². The summed E-state index contributed by atoms with van der Waals surface area (Å²) in [6.45, 7) is 6.02. The smallest absolute Gasteiger partial charge is 0.123 e. The van der Waals surface area contributed by atoms with Crippen LogP contribution in [-0.2, 0) is 0 Å². The highest BCUT2D eigenvalue weighted by Crippen LogP contribution is 2.34. The van der Waals surface area contributed by atoms with Crippen molar-refractivity contribution in [1.29, 1.82) is 0 Å². The summed E-state index contributed by atoms with van der Waals surface area (Å²) in [6, 6.07) is 5.75. The molecule has 1 saturated carbocycles. The molecule has 1 aliphatic carbocycles. The molecule has 4 heteroatoms. The lowest BCUT2D eigenvalue weighted by atomic mass is 9.90. The molecule has 1 fully saturated rings. The largest absolute Gasteiger partial charge is 0.396 e. The molecule has 1 aromatic rings. The number of nitrogens with one attached hydrogen (secondary N) is 1. The first kappa shape index (κ1) is 16.2. The minimum Gasteiger partial charge on any atom is -0.396 e. The number of halogens is 1. The van der Waals surface area contributed by atoms with E-state index in [1.165, 1.54) is 19.3 Å². The van der Waals surface area contributed by atoms with E-state index in [-0.39, 0.29) is 18.5 Å². The van der Waals surface area contributed by atoms with Crippen LogP contribution in [0.25, 0.3) is 0 Å². The second-order valence-corrected chi connectivity index (χ2v) is 5.84. The third-order valence-corrected chi connectivity index (χ3v) is 4.35. The van der Waals surface area contributed by atoms with E-state index in [1.54, 1.807) is 12.1 Å². The first-order chi connectivity index (χ1) is 10.2. The molecule has 0 spiro atoms. The highest BCUT2D eigenvalue weighted by atomic mass is 19.1. The standard InChI is InChI=1S/C17H27FN2O/c1-3-19-13(2)16-12-14(18)8-9-17(16)20(10-5-11-21)15-6-4-7-15/h8-9,12-13,15,19,21H,3-7,10-11H2,1-2H3. The summed E-state index contributed by atoms with van der Waals surface area (Å²) < 4.78 is 13.7. The summed E-state index contributed by atoms with van der Waals surface area (Å²) >= 11 is 0. The highest BCUT2D eigenvalue weighted by Gasteiger charge is 2.27. The van der Waals surface area contributed by atoms with Crippen LogP contribution in [0.3, 0.4) is 0 Å². The molecule has 0 aliphatic heterocycles. The Hall–Kier alpha value is -1.13. The fourth-order valence-electron chi connectivity index (χ4n) is 2.99. The molecular formula is C17H27FN2O. The van der Waals surface area contributed by atoms with E-state index in [0.717, 1.165) is 30.8 Å². The molecule has 0 aromatic heterocycles. The maximum Gasteiger partial charge on any atom is 0.123 e. The van der Waals surface area contributed by atoms with Crippen LogP contribution in [0.2, 0.25) is 0 Å². The molecule has 3 nitrogen and oxygen atoms in total. The van der Waals surface area contributed by atoms with Gasteiger partial charge in [-0.05, 0) is 62.9 Å². The lowest BCUT2D eigenvalue weighted by Gasteiger charge is -2.41. The van der Waals surface area contributed by atoms with Gasteiger partial charge in [0.15, 0.2) is 0 Å². The van der Waals surface area contributed by atoms with Crippen molar-refractivity contribution in [3.05, 3.63) is 29.6 Å². The number of hydrogen-bond acceptors (Lipinski definition) is 3. The van der Waals surface area contributed by atoms with Crippen molar-refractivity contribution in [3.8, 4) is 0 Å². The van der Waals surface area contributed by atoms with Gasteiger partial charge < -0.3 is 15.3 Å². The molecule has 2 rings (SSSR count). The van der Waals surface area contributed by atoms with E-state index < -0.39 is 0 Å². The Kier molecular flexibility index (Phi) is 6.00. The number of aliphatic hydroxyl groups excluding tert-OH is 1. The zero-order valence-corrected chi connectivity index (χ0v) is 13.1. The summed E-state index contributed by atoms with van der Waals surface area (Å²) in [6.07, 6.45) is 4.40. The average molecular weight is 294 g/mol. The van der Waals surface area contributed by atoms with E-state index in [0.29, 0.717) is 6.04 Å². The number of rotatable bonds is 8. The van der Waals surface area contributed by atoms with Crippen molar-refractivity contribution in [2.75, 3.05) is 24.6 Å². The van der Waals surface area contributed by atoms with Crippen molar-refractivity contribution in [2.24, 2.45) is 0 Å². The Morgan fingerprint density at radius 1 is 1.43 bits per heavy atom. The Bertz CT molecular complexity index is 448. The topological polar surface area (TPSA) is 35.5 Å². The monoisotopic (exact) mass is 294 g/mol. The fourth-order valence-corrected chi connectivity index (χ4v) is 2.99. The predicted molar refractivity (Wildman–Crippen MR) is 85.2 cm³/mol. The second-order valence-electron chi connectivity index (χ2n) is 5.84. The minimum absolute atomic E-state index is 0.123. The molecule has 1 aliphatic rings. The van der Waals surface area contributed by atoms with Gasteiger partial charge in [-0.1, -0.05) is 6.92 Å². The van der Waals surface area contributed by atoms with Crippen molar-refractivity contribution in [2.45, 2.75) is 51.6 Å². The van der Waals surface area contributed by atoms with E-state index in [2.05, 4.69) is 24.1 Å². The maximum atomic E-state index is 13.7. The maximum absolute atomic E-state index is 13.7. The van der Waals surface area contributed by atoms with Gasteiger partial charge in [-0.3, -0.25) is 0 Å². The molecular weight excluding hydrogens is 267 g/mol. The van der Waals surface area contributed by atoms with Gasteiger partial charge in [-0.2, -0.15) is 0 Å².